The number of carbonyl (C=O) groups is 1. The summed E-state index contributed by atoms with van der Waals surface area (Å²) in [5.41, 5.74) is -1.02. The Morgan fingerprint density at radius 1 is 1.41 bits per heavy atom. The third-order valence-corrected chi connectivity index (χ3v) is 4.96. The summed E-state index contributed by atoms with van der Waals surface area (Å²) in [5.74, 6) is -0.0269. The topological polar surface area (TPSA) is 62.1 Å². The fraction of sp³-hybridized carbons (Fsp3) is 0.467. The highest BCUT2D eigenvalue weighted by molar-refractivity contribution is 14.1. The highest BCUT2D eigenvalue weighted by Gasteiger charge is 2.41. The molecule has 1 rings (SSSR count). The first-order valence-corrected chi connectivity index (χ1v) is 8.37. The highest BCUT2D eigenvalue weighted by Crippen LogP contribution is 2.31. The van der Waals surface area contributed by atoms with Gasteiger partial charge in [-0.1, -0.05) is 45.8 Å². The lowest BCUT2D eigenvalue weighted by Crippen LogP contribution is -2.58. The zero-order valence-corrected chi connectivity index (χ0v) is 16.4. The zero-order valence-electron chi connectivity index (χ0n) is 12.7. The maximum Gasteiger partial charge on any atom is 0.262 e. The number of rotatable bonds is 5. The van der Waals surface area contributed by atoms with E-state index in [1.165, 1.54) is 6.07 Å². The van der Waals surface area contributed by atoms with Crippen LogP contribution >= 0.6 is 45.8 Å². The Labute approximate surface area is 154 Å². The smallest absolute Gasteiger partial charge is 0.262 e. The van der Waals surface area contributed by atoms with Gasteiger partial charge in [-0.2, -0.15) is 5.26 Å². The number of hydrogen-bond acceptors (Lipinski definition) is 3. The third kappa shape index (κ3) is 4.64. The summed E-state index contributed by atoms with van der Waals surface area (Å²) in [7, 11) is 0. The molecule has 0 radical (unpaired) electrons. The molecule has 0 aliphatic rings. The van der Waals surface area contributed by atoms with Crippen LogP contribution < -0.4 is 10.1 Å². The molecule has 0 aliphatic heterocycles. The van der Waals surface area contributed by atoms with E-state index in [-0.39, 0.29) is 5.91 Å². The molecule has 0 aromatic heterocycles. The van der Waals surface area contributed by atoms with Crippen molar-refractivity contribution in [1.82, 2.24) is 5.32 Å². The average Bonchev–Trinajstić information content (AvgIpc) is 2.40. The van der Waals surface area contributed by atoms with Crippen LogP contribution in [0.25, 0.3) is 0 Å². The van der Waals surface area contributed by atoms with Crippen LogP contribution in [0.4, 0.5) is 0 Å². The molecular weight excluding hydrogens is 438 g/mol. The number of nitrogens with one attached hydrogen (secondary N) is 1. The second kappa shape index (κ2) is 7.24. The highest BCUT2D eigenvalue weighted by atomic mass is 127. The molecule has 0 heterocycles. The lowest BCUT2D eigenvalue weighted by Gasteiger charge is -2.35. The fourth-order valence-electron chi connectivity index (χ4n) is 1.47. The van der Waals surface area contributed by atoms with Gasteiger partial charge in [0.25, 0.3) is 5.91 Å². The number of nitrogens with zero attached hydrogens (tertiary/aromatic N) is 1. The van der Waals surface area contributed by atoms with Gasteiger partial charge in [0.05, 0.1) is 14.5 Å². The molecule has 120 valence electrons. The van der Waals surface area contributed by atoms with Gasteiger partial charge in [0.1, 0.15) is 11.3 Å². The Kier molecular flexibility index (Phi) is 6.36. The van der Waals surface area contributed by atoms with E-state index in [9.17, 15) is 10.1 Å². The third-order valence-electron chi connectivity index (χ3n) is 3.35. The van der Waals surface area contributed by atoms with Crippen molar-refractivity contribution in [2.24, 2.45) is 0 Å². The summed E-state index contributed by atoms with van der Waals surface area (Å²) >= 11 is 14.0. The molecule has 7 heteroatoms. The lowest BCUT2D eigenvalue weighted by atomic mass is 9.89. The molecule has 0 aliphatic carbocycles. The Morgan fingerprint density at radius 3 is 2.45 bits per heavy atom. The number of ether oxygens (including phenoxy) is 1. The van der Waals surface area contributed by atoms with Gasteiger partial charge in [-0.05, 0) is 45.9 Å². The Hall–Kier alpha value is -0.710. The molecule has 0 saturated carbocycles. The van der Waals surface area contributed by atoms with E-state index in [4.69, 9.17) is 27.9 Å². The van der Waals surface area contributed by atoms with Crippen molar-refractivity contribution < 1.29 is 9.53 Å². The maximum atomic E-state index is 12.3. The van der Waals surface area contributed by atoms with E-state index >= 15 is 0 Å². The zero-order chi connectivity index (χ0) is 17.1. The van der Waals surface area contributed by atoms with Crippen LogP contribution in [-0.2, 0) is 4.79 Å². The molecule has 1 N–H and O–H groups in total. The van der Waals surface area contributed by atoms with Gasteiger partial charge in [-0.25, -0.2) is 0 Å². The van der Waals surface area contributed by atoms with Crippen LogP contribution in [0.5, 0.6) is 5.75 Å². The largest absolute Gasteiger partial charge is 0.479 e. The van der Waals surface area contributed by atoms with E-state index in [0.717, 1.165) is 0 Å². The summed E-state index contributed by atoms with van der Waals surface area (Å²) in [5, 5.41) is 12.9. The van der Waals surface area contributed by atoms with Gasteiger partial charge < -0.3 is 10.1 Å². The summed E-state index contributed by atoms with van der Waals surface area (Å²) in [6.45, 7) is 7.02. The average molecular weight is 455 g/mol. The fourth-order valence-corrected chi connectivity index (χ4v) is 2.18. The Morgan fingerprint density at radius 2 is 2.00 bits per heavy atom. The van der Waals surface area contributed by atoms with Crippen LogP contribution in [0.3, 0.4) is 0 Å². The van der Waals surface area contributed by atoms with E-state index in [0.29, 0.717) is 15.8 Å². The minimum absolute atomic E-state index is 0.324. The van der Waals surface area contributed by atoms with Crippen molar-refractivity contribution in [3.8, 4) is 11.8 Å². The van der Waals surface area contributed by atoms with Crippen LogP contribution in [0.2, 0.25) is 10.0 Å². The summed E-state index contributed by atoms with van der Waals surface area (Å²) < 4.78 is 5.10. The molecule has 4 nitrogen and oxygen atoms in total. The van der Waals surface area contributed by atoms with E-state index < -0.39 is 15.1 Å². The minimum Gasteiger partial charge on any atom is -0.479 e. The number of nitriles is 1. The lowest BCUT2D eigenvalue weighted by molar-refractivity contribution is -0.128. The molecule has 0 saturated heterocycles. The van der Waals surface area contributed by atoms with Crippen molar-refractivity contribution in [2.75, 3.05) is 0 Å². The predicted octanol–water partition coefficient (Wildman–Crippen LogP) is 4.37. The van der Waals surface area contributed by atoms with Crippen LogP contribution in [-0.4, -0.2) is 21.0 Å². The van der Waals surface area contributed by atoms with Crippen molar-refractivity contribution in [1.29, 1.82) is 5.26 Å². The second-order valence-corrected chi connectivity index (χ2v) is 9.07. The monoisotopic (exact) mass is 454 g/mol. The molecular formula is C15H17Cl2IN2O2. The van der Waals surface area contributed by atoms with E-state index in [2.05, 4.69) is 34.0 Å². The normalized spacial score (nSPS) is 15.4. The number of halogens is 3. The standard InChI is InChI=1S/C15H17Cl2IN2O2/c1-9(22-12-6-5-10(16)7-11(12)17)13(21)20-15(4,8-19)14(2,3)18/h5-7,9H,1-4H3,(H,20,21). The van der Waals surface area contributed by atoms with Gasteiger partial charge in [0.2, 0.25) is 0 Å². The van der Waals surface area contributed by atoms with Crippen molar-refractivity contribution >= 4 is 51.7 Å². The van der Waals surface area contributed by atoms with Crippen molar-refractivity contribution in [3.05, 3.63) is 28.2 Å². The summed E-state index contributed by atoms with van der Waals surface area (Å²) in [6.07, 6.45) is -0.801. The SMILES string of the molecule is CC(Oc1ccc(Cl)cc1Cl)C(=O)NC(C)(C#N)C(C)(C)I. The van der Waals surface area contributed by atoms with Crippen molar-refractivity contribution in [2.45, 2.75) is 42.8 Å². The molecule has 0 spiro atoms. The summed E-state index contributed by atoms with van der Waals surface area (Å²) in [6, 6.07) is 6.91. The second-order valence-electron chi connectivity index (χ2n) is 5.53. The van der Waals surface area contributed by atoms with E-state index in [1.54, 1.807) is 26.0 Å². The molecule has 0 fully saturated rings. The maximum absolute atomic E-state index is 12.3. The van der Waals surface area contributed by atoms with Crippen LogP contribution in [0.15, 0.2) is 18.2 Å². The van der Waals surface area contributed by atoms with Gasteiger partial charge in [0.15, 0.2) is 6.10 Å². The Balaban J connectivity index is 2.84. The molecule has 0 bridgehead atoms. The van der Waals surface area contributed by atoms with Crippen LogP contribution in [0.1, 0.15) is 27.7 Å². The van der Waals surface area contributed by atoms with Crippen molar-refractivity contribution in [3.63, 3.8) is 0 Å². The number of amides is 1. The first-order chi connectivity index (χ1) is 10.00. The quantitative estimate of drug-likeness (QED) is 0.530. The van der Waals surface area contributed by atoms with Gasteiger partial charge in [0, 0.05) is 5.02 Å². The molecule has 2 unspecified atom stereocenters. The minimum atomic E-state index is -1.02. The Bertz CT molecular complexity index is 611. The predicted molar refractivity (Wildman–Crippen MR) is 96.8 cm³/mol. The summed E-state index contributed by atoms with van der Waals surface area (Å²) in [4.78, 5) is 12.3. The van der Waals surface area contributed by atoms with Gasteiger partial charge in [-0.3, -0.25) is 4.79 Å². The molecule has 2 atom stereocenters. The first-order valence-electron chi connectivity index (χ1n) is 6.54. The van der Waals surface area contributed by atoms with E-state index in [1.807, 2.05) is 13.8 Å². The van der Waals surface area contributed by atoms with Gasteiger partial charge >= 0.3 is 0 Å². The molecule has 1 aromatic rings. The number of carbonyl (C=O) groups excluding carboxylic acids is 1. The molecule has 1 amide bonds. The van der Waals surface area contributed by atoms with Crippen LogP contribution in [0, 0.1) is 11.3 Å². The molecule has 1 aromatic carbocycles. The first kappa shape index (κ1) is 19.3. The molecule has 22 heavy (non-hydrogen) atoms. The van der Waals surface area contributed by atoms with Gasteiger partial charge in [-0.15, -0.1) is 0 Å². The number of hydrogen-bond donors (Lipinski definition) is 1. The number of benzene rings is 1. The number of alkyl halides is 1.